The van der Waals surface area contributed by atoms with E-state index < -0.39 is 5.91 Å². The van der Waals surface area contributed by atoms with Crippen molar-refractivity contribution in [2.45, 2.75) is 46.5 Å². The van der Waals surface area contributed by atoms with Gasteiger partial charge in [0.1, 0.15) is 0 Å². The quantitative estimate of drug-likeness (QED) is 0.511. The van der Waals surface area contributed by atoms with Crippen molar-refractivity contribution in [1.29, 1.82) is 0 Å². The first-order chi connectivity index (χ1) is 14.8. The fraction of sp³-hybridized carbons (Fsp3) is 0.423. The maximum absolute atomic E-state index is 12.8. The van der Waals surface area contributed by atoms with E-state index in [1.807, 2.05) is 6.07 Å². The molecule has 31 heavy (non-hydrogen) atoms. The summed E-state index contributed by atoms with van der Waals surface area (Å²) in [7, 11) is 0. The lowest BCUT2D eigenvalue weighted by atomic mass is 9.70. The van der Waals surface area contributed by atoms with Crippen molar-refractivity contribution in [3.63, 3.8) is 0 Å². The van der Waals surface area contributed by atoms with Crippen LogP contribution in [0.5, 0.6) is 0 Å². The molecule has 1 aliphatic carbocycles. The number of benzene rings is 2. The molecule has 0 heterocycles. The van der Waals surface area contributed by atoms with Crippen LogP contribution in [0.2, 0.25) is 0 Å². The van der Waals surface area contributed by atoms with Gasteiger partial charge < -0.3 is 10.1 Å². The predicted molar refractivity (Wildman–Crippen MR) is 121 cm³/mol. The molecule has 3 rings (SSSR count). The second-order valence-electron chi connectivity index (χ2n) is 9.31. The smallest absolute Gasteiger partial charge is 0.309 e. The summed E-state index contributed by atoms with van der Waals surface area (Å²) >= 11 is 0. The van der Waals surface area contributed by atoms with E-state index in [0.29, 0.717) is 22.7 Å². The highest BCUT2D eigenvalue weighted by Crippen LogP contribution is 2.40. The molecule has 0 radical (unpaired) electrons. The third-order valence-electron chi connectivity index (χ3n) is 6.11. The lowest BCUT2D eigenvalue weighted by Gasteiger charge is -2.36. The average molecular weight is 422 g/mol. The summed E-state index contributed by atoms with van der Waals surface area (Å²) in [6, 6.07) is 15.7. The van der Waals surface area contributed by atoms with Gasteiger partial charge in [0.2, 0.25) is 0 Å². The van der Waals surface area contributed by atoms with E-state index in [9.17, 15) is 14.4 Å². The topological polar surface area (TPSA) is 72.5 Å². The second-order valence-corrected chi connectivity index (χ2v) is 9.31. The van der Waals surface area contributed by atoms with Crippen LogP contribution in [0.25, 0.3) is 0 Å². The number of hydrogen-bond donors (Lipinski definition) is 1. The van der Waals surface area contributed by atoms with Crippen molar-refractivity contribution in [1.82, 2.24) is 0 Å². The molecule has 5 heteroatoms. The van der Waals surface area contributed by atoms with Crippen LogP contribution in [-0.4, -0.2) is 24.3 Å². The summed E-state index contributed by atoms with van der Waals surface area (Å²) in [5, 5.41) is 2.71. The molecule has 0 spiro atoms. The van der Waals surface area contributed by atoms with Crippen molar-refractivity contribution >= 4 is 23.3 Å². The van der Waals surface area contributed by atoms with Gasteiger partial charge in [-0.3, -0.25) is 14.4 Å². The number of esters is 1. The highest BCUT2D eigenvalue weighted by molar-refractivity contribution is 6.13. The third kappa shape index (κ3) is 6.03. The first kappa shape index (κ1) is 22.7. The van der Waals surface area contributed by atoms with E-state index in [0.717, 1.165) is 25.7 Å². The van der Waals surface area contributed by atoms with Crippen LogP contribution in [-0.2, 0) is 14.3 Å². The molecular weight excluding hydrogens is 390 g/mol. The molecule has 1 aliphatic rings. The number of rotatable bonds is 6. The molecule has 2 aromatic carbocycles. The molecule has 0 atom stereocenters. The Morgan fingerprint density at radius 2 is 1.52 bits per heavy atom. The molecule has 1 fully saturated rings. The van der Waals surface area contributed by atoms with Crippen molar-refractivity contribution in [3.05, 3.63) is 65.7 Å². The van der Waals surface area contributed by atoms with Gasteiger partial charge in [-0.15, -0.1) is 0 Å². The van der Waals surface area contributed by atoms with E-state index in [1.54, 1.807) is 48.5 Å². The van der Waals surface area contributed by atoms with Gasteiger partial charge in [-0.05, 0) is 49.1 Å². The number of nitrogens with one attached hydrogen (secondary N) is 1. The maximum Gasteiger partial charge on any atom is 0.309 e. The standard InChI is InChI=1S/C26H31NO4/c1-26(2,3)20-15-13-19(14-16-20)25(30)31-17-23(28)27-22-12-8-7-11-21(22)24(29)18-9-5-4-6-10-18/h4-12,19-20H,13-17H2,1-3H3,(H,27,28). The number of para-hydroxylation sites is 1. The first-order valence-corrected chi connectivity index (χ1v) is 10.9. The van der Waals surface area contributed by atoms with E-state index >= 15 is 0 Å². The molecule has 2 aromatic rings. The number of carbonyl (C=O) groups is 3. The third-order valence-corrected chi connectivity index (χ3v) is 6.11. The number of amides is 1. The van der Waals surface area contributed by atoms with Gasteiger partial charge in [0.15, 0.2) is 12.4 Å². The maximum atomic E-state index is 12.8. The van der Waals surface area contributed by atoms with Crippen LogP contribution < -0.4 is 5.32 Å². The minimum atomic E-state index is -0.454. The Bertz CT molecular complexity index is 922. The van der Waals surface area contributed by atoms with Gasteiger partial charge in [0.05, 0.1) is 11.6 Å². The molecule has 0 saturated heterocycles. The normalized spacial score (nSPS) is 18.8. The Balaban J connectivity index is 1.54. The number of ether oxygens (including phenoxy) is 1. The van der Waals surface area contributed by atoms with Crippen LogP contribution >= 0.6 is 0 Å². The number of anilines is 1. The monoisotopic (exact) mass is 421 g/mol. The zero-order valence-corrected chi connectivity index (χ0v) is 18.5. The van der Waals surface area contributed by atoms with E-state index in [1.165, 1.54) is 0 Å². The Morgan fingerprint density at radius 1 is 0.903 bits per heavy atom. The van der Waals surface area contributed by atoms with Gasteiger partial charge in [0.25, 0.3) is 5.91 Å². The highest BCUT2D eigenvalue weighted by Gasteiger charge is 2.33. The Hall–Kier alpha value is -2.95. The van der Waals surface area contributed by atoms with Crippen LogP contribution in [0, 0.1) is 17.3 Å². The van der Waals surface area contributed by atoms with Crippen LogP contribution in [0.1, 0.15) is 62.4 Å². The Labute approximate surface area is 184 Å². The van der Waals surface area contributed by atoms with E-state index in [2.05, 4.69) is 26.1 Å². The molecule has 5 nitrogen and oxygen atoms in total. The number of carbonyl (C=O) groups excluding carboxylic acids is 3. The molecule has 1 amide bonds. The average Bonchev–Trinajstić information content (AvgIpc) is 2.77. The lowest BCUT2D eigenvalue weighted by Crippen LogP contribution is -2.31. The summed E-state index contributed by atoms with van der Waals surface area (Å²) in [6.45, 7) is 6.36. The Morgan fingerprint density at radius 3 is 2.16 bits per heavy atom. The fourth-order valence-corrected chi connectivity index (χ4v) is 4.17. The first-order valence-electron chi connectivity index (χ1n) is 10.9. The molecule has 0 aromatic heterocycles. The predicted octanol–water partition coefficient (Wildman–Crippen LogP) is 5.25. The Kier molecular flexibility index (Phi) is 7.26. The van der Waals surface area contributed by atoms with Crippen molar-refractivity contribution < 1.29 is 19.1 Å². The summed E-state index contributed by atoms with van der Waals surface area (Å²) in [5.41, 5.74) is 1.60. The van der Waals surface area contributed by atoms with Gasteiger partial charge in [-0.1, -0.05) is 63.2 Å². The highest BCUT2D eigenvalue weighted by atomic mass is 16.5. The number of hydrogen-bond acceptors (Lipinski definition) is 4. The molecule has 0 bridgehead atoms. The van der Waals surface area contributed by atoms with E-state index in [4.69, 9.17) is 4.74 Å². The van der Waals surface area contributed by atoms with Gasteiger partial charge in [-0.25, -0.2) is 0 Å². The van der Waals surface area contributed by atoms with Crippen LogP contribution in [0.15, 0.2) is 54.6 Å². The molecule has 164 valence electrons. The number of ketones is 1. The second kappa shape index (κ2) is 9.90. The van der Waals surface area contributed by atoms with Crippen molar-refractivity contribution in [2.24, 2.45) is 17.3 Å². The summed E-state index contributed by atoms with van der Waals surface area (Å²) in [6.07, 6.45) is 3.61. The van der Waals surface area contributed by atoms with Crippen LogP contribution in [0.3, 0.4) is 0 Å². The van der Waals surface area contributed by atoms with Gasteiger partial charge in [0, 0.05) is 11.1 Å². The lowest BCUT2D eigenvalue weighted by molar-refractivity contribution is -0.153. The molecule has 0 unspecified atom stereocenters. The van der Waals surface area contributed by atoms with Crippen molar-refractivity contribution in [2.75, 3.05) is 11.9 Å². The summed E-state index contributed by atoms with van der Waals surface area (Å²) in [4.78, 5) is 37.6. The van der Waals surface area contributed by atoms with Crippen LogP contribution in [0.4, 0.5) is 5.69 Å². The fourth-order valence-electron chi connectivity index (χ4n) is 4.17. The van der Waals surface area contributed by atoms with Gasteiger partial charge >= 0.3 is 5.97 Å². The van der Waals surface area contributed by atoms with E-state index in [-0.39, 0.29) is 29.7 Å². The molecule has 1 saturated carbocycles. The van der Waals surface area contributed by atoms with Crippen molar-refractivity contribution in [3.8, 4) is 0 Å². The molecule has 0 aliphatic heterocycles. The largest absolute Gasteiger partial charge is 0.455 e. The minimum absolute atomic E-state index is 0.140. The molecule has 1 N–H and O–H groups in total. The minimum Gasteiger partial charge on any atom is -0.455 e. The van der Waals surface area contributed by atoms with Gasteiger partial charge in [-0.2, -0.15) is 0 Å². The zero-order chi connectivity index (χ0) is 22.4. The summed E-state index contributed by atoms with van der Waals surface area (Å²) in [5.74, 6) is -0.470. The molecular formula is C26H31NO4. The summed E-state index contributed by atoms with van der Waals surface area (Å²) < 4.78 is 5.29. The zero-order valence-electron chi connectivity index (χ0n) is 18.5. The SMILES string of the molecule is CC(C)(C)C1CCC(C(=O)OCC(=O)Nc2ccccc2C(=O)c2ccccc2)CC1.